The predicted octanol–water partition coefficient (Wildman–Crippen LogP) is 4.94. The van der Waals surface area contributed by atoms with E-state index in [0.717, 1.165) is 33.2 Å². The Kier molecular flexibility index (Phi) is 6.32. The summed E-state index contributed by atoms with van der Waals surface area (Å²) in [6.07, 6.45) is 0. The van der Waals surface area contributed by atoms with E-state index in [1.807, 2.05) is 83.8 Å². The highest BCUT2D eigenvalue weighted by Gasteiger charge is 2.33. The molecule has 2 heterocycles. The first-order valence-electron chi connectivity index (χ1n) is 10.9. The molecule has 1 amide bonds. The molecular formula is C26H25N3O3S. The summed E-state index contributed by atoms with van der Waals surface area (Å²) in [5, 5.41) is 0.819. The zero-order valence-corrected chi connectivity index (χ0v) is 19.2. The van der Waals surface area contributed by atoms with Gasteiger partial charge in [-0.05, 0) is 29.8 Å². The van der Waals surface area contributed by atoms with Crippen LogP contribution in [0.1, 0.15) is 11.6 Å². The van der Waals surface area contributed by atoms with Crippen LogP contribution in [0.15, 0.2) is 84.0 Å². The number of hydrogen-bond donors (Lipinski definition) is 0. The van der Waals surface area contributed by atoms with E-state index in [-0.39, 0.29) is 17.7 Å². The zero-order chi connectivity index (χ0) is 22.6. The Balaban J connectivity index is 1.43. The standard InChI is InChI=1S/C26H25N3O3S/c1-31-16-15-28-21-12-6-5-11-20(21)27-26(28)33-18-25(30)29-22-13-7-8-14-24(22)32-17-23(29)19-9-3-2-4-10-19/h2-14,23H,15-18H2,1H3/t23-/m1/s1. The van der Waals surface area contributed by atoms with Gasteiger partial charge >= 0.3 is 0 Å². The molecule has 3 aromatic carbocycles. The van der Waals surface area contributed by atoms with Crippen molar-refractivity contribution >= 4 is 34.4 Å². The molecule has 0 fully saturated rings. The topological polar surface area (TPSA) is 56.6 Å². The van der Waals surface area contributed by atoms with Gasteiger partial charge in [0.1, 0.15) is 12.4 Å². The largest absolute Gasteiger partial charge is 0.489 e. The van der Waals surface area contributed by atoms with E-state index < -0.39 is 0 Å². The number of amides is 1. The van der Waals surface area contributed by atoms with Gasteiger partial charge in [0, 0.05) is 13.7 Å². The summed E-state index contributed by atoms with van der Waals surface area (Å²) in [7, 11) is 1.69. The van der Waals surface area contributed by atoms with Crippen LogP contribution < -0.4 is 9.64 Å². The van der Waals surface area contributed by atoms with Crippen molar-refractivity contribution in [3.63, 3.8) is 0 Å². The van der Waals surface area contributed by atoms with E-state index in [9.17, 15) is 4.79 Å². The van der Waals surface area contributed by atoms with Gasteiger partial charge in [-0.15, -0.1) is 0 Å². The number of fused-ring (bicyclic) bond motifs is 2. The normalized spacial score (nSPS) is 15.3. The number of anilines is 1. The van der Waals surface area contributed by atoms with Gasteiger partial charge in [0.15, 0.2) is 5.16 Å². The first-order chi connectivity index (χ1) is 16.3. The number of hydrogen-bond acceptors (Lipinski definition) is 5. The average Bonchev–Trinajstić information content (AvgIpc) is 3.23. The van der Waals surface area contributed by atoms with Gasteiger partial charge in [-0.25, -0.2) is 4.98 Å². The van der Waals surface area contributed by atoms with Crippen molar-refractivity contribution in [3.8, 4) is 5.75 Å². The fourth-order valence-corrected chi connectivity index (χ4v) is 5.08. The van der Waals surface area contributed by atoms with Crippen LogP contribution in [0.25, 0.3) is 11.0 Å². The number of aromatic nitrogens is 2. The maximum atomic E-state index is 13.6. The van der Waals surface area contributed by atoms with Crippen molar-refractivity contribution in [3.05, 3.63) is 84.4 Å². The molecule has 168 valence electrons. The Morgan fingerprint density at radius 1 is 1.06 bits per heavy atom. The third-order valence-electron chi connectivity index (χ3n) is 5.75. The number of benzene rings is 3. The molecule has 1 atom stereocenters. The molecule has 33 heavy (non-hydrogen) atoms. The van der Waals surface area contributed by atoms with E-state index in [0.29, 0.717) is 19.8 Å². The summed E-state index contributed by atoms with van der Waals surface area (Å²) in [4.78, 5) is 20.3. The molecule has 0 radical (unpaired) electrons. The second kappa shape index (κ2) is 9.68. The van der Waals surface area contributed by atoms with Gasteiger partial charge in [0.2, 0.25) is 5.91 Å². The molecule has 5 rings (SSSR count). The SMILES string of the molecule is COCCn1c(SCC(=O)N2c3ccccc3OC[C@@H]2c2ccccc2)nc2ccccc21. The van der Waals surface area contributed by atoms with Crippen molar-refractivity contribution < 1.29 is 14.3 Å². The second-order valence-electron chi connectivity index (χ2n) is 7.79. The molecule has 0 saturated heterocycles. The van der Waals surface area contributed by atoms with E-state index in [1.165, 1.54) is 11.8 Å². The quantitative estimate of drug-likeness (QED) is 0.366. The Morgan fingerprint density at radius 3 is 2.67 bits per heavy atom. The number of rotatable bonds is 7. The summed E-state index contributed by atoms with van der Waals surface area (Å²) in [5.74, 6) is 1.03. The van der Waals surface area contributed by atoms with E-state index >= 15 is 0 Å². The molecule has 4 aromatic rings. The van der Waals surface area contributed by atoms with Gasteiger partial charge in [-0.2, -0.15) is 0 Å². The Bertz CT molecular complexity index is 1260. The van der Waals surface area contributed by atoms with Crippen LogP contribution in [0, 0.1) is 0 Å². The highest BCUT2D eigenvalue weighted by Crippen LogP contribution is 2.40. The summed E-state index contributed by atoms with van der Waals surface area (Å²) in [6, 6.07) is 25.6. The number of ether oxygens (including phenoxy) is 2. The number of para-hydroxylation sites is 4. The maximum Gasteiger partial charge on any atom is 0.238 e. The number of nitrogens with zero attached hydrogens (tertiary/aromatic N) is 3. The zero-order valence-electron chi connectivity index (χ0n) is 18.4. The van der Waals surface area contributed by atoms with Crippen molar-refractivity contribution in [2.24, 2.45) is 0 Å². The van der Waals surface area contributed by atoms with Crippen molar-refractivity contribution in [1.29, 1.82) is 0 Å². The lowest BCUT2D eigenvalue weighted by molar-refractivity contribution is -0.117. The van der Waals surface area contributed by atoms with E-state index in [1.54, 1.807) is 7.11 Å². The first kappa shape index (κ1) is 21.6. The van der Waals surface area contributed by atoms with Gasteiger partial charge in [-0.3, -0.25) is 9.69 Å². The minimum absolute atomic E-state index is 0.0231. The Labute approximate surface area is 197 Å². The van der Waals surface area contributed by atoms with Crippen LogP contribution in [-0.2, 0) is 16.1 Å². The average molecular weight is 460 g/mol. The lowest BCUT2D eigenvalue weighted by Crippen LogP contribution is -2.42. The number of methoxy groups -OCH3 is 1. The van der Waals surface area contributed by atoms with Crippen LogP contribution in [-0.4, -0.2) is 41.5 Å². The minimum Gasteiger partial charge on any atom is -0.489 e. The van der Waals surface area contributed by atoms with Crippen LogP contribution in [0.3, 0.4) is 0 Å². The Hall–Kier alpha value is -3.29. The fourth-order valence-electron chi connectivity index (χ4n) is 4.18. The highest BCUT2D eigenvalue weighted by atomic mass is 32.2. The summed E-state index contributed by atoms with van der Waals surface area (Å²) in [6.45, 7) is 1.68. The molecule has 0 saturated carbocycles. The molecular weight excluding hydrogens is 434 g/mol. The fraction of sp³-hybridized carbons (Fsp3) is 0.231. The predicted molar refractivity (Wildman–Crippen MR) is 131 cm³/mol. The monoisotopic (exact) mass is 459 g/mol. The number of thioether (sulfide) groups is 1. The maximum absolute atomic E-state index is 13.6. The highest BCUT2D eigenvalue weighted by molar-refractivity contribution is 7.99. The third kappa shape index (κ3) is 4.34. The molecule has 0 unspecified atom stereocenters. The van der Waals surface area contributed by atoms with E-state index in [2.05, 4.69) is 4.57 Å². The van der Waals surface area contributed by atoms with Crippen molar-refractivity contribution in [2.45, 2.75) is 17.7 Å². The molecule has 0 N–H and O–H groups in total. The van der Waals surface area contributed by atoms with Crippen molar-refractivity contribution in [1.82, 2.24) is 9.55 Å². The minimum atomic E-state index is -0.179. The molecule has 0 bridgehead atoms. The number of carbonyl (C=O) groups excluding carboxylic acids is 1. The molecule has 7 heteroatoms. The lowest BCUT2D eigenvalue weighted by Gasteiger charge is -2.37. The molecule has 6 nitrogen and oxygen atoms in total. The molecule has 0 spiro atoms. The Morgan fingerprint density at radius 2 is 1.82 bits per heavy atom. The second-order valence-corrected chi connectivity index (χ2v) is 8.73. The van der Waals surface area contributed by atoms with Crippen LogP contribution in [0.5, 0.6) is 5.75 Å². The summed E-state index contributed by atoms with van der Waals surface area (Å²) in [5.41, 5.74) is 3.82. The lowest BCUT2D eigenvalue weighted by atomic mass is 10.0. The van der Waals surface area contributed by atoms with Crippen LogP contribution in [0.4, 0.5) is 5.69 Å². The van der Waals surface area contributed by atoms with Gasteiger partial charge < -0.3 is 14.0 Å². The van der Waals surface area contributed by atoms with Crippen molar-refractivity contribution in [2.75, 3.05) is 31.0 Å². The van der Waals surface area contributed by atoms with E-state index in [4.69, 9.17) is 14.5 Å². The number of carbonyl (C=O) groups is 1. The van der Waals surface area contributed by atoms with Crippen LogP contribution in [0.2, 0.25) is 0 Å². The molecule has 0 aliphatic carbocycles. The first-order valence-corrected chi connectivity index (χ1v) is 11.9. The number of imidazole rings is 1. The molecule has 1 aliphatic heterocycles. The summed E-state index contributed by atoms with van der Waals surface area (Å²) >= 11 is 1.46. The van der Waals surface area contributed by atoms with Gasteiger partial charge in [0.25, 0.3) is 0 Å². The molecule has 1 aromatic heterocycles. The smallest absolute Gasteiger partial charge is 0.238 e. The van der Waals surface area contributed by atoms with Crippen LogP contribution >= 0.6 is 11.8 Å². The third-order valence-corrected chi connectivity index (χ3v) is 6.71. The van der Waals surface area contributed by atoms with Gasteiger partial charge in [-0.1, -0.05) is 66.4 Å². The molecule has 1 aliphatic rings. The van der Waals surface area contributed by atoms with Gasteiger partial charge in [0.05, 0.1) is 35.1 Å². The summed E-state index contributed by atoms with van der Waals surface area (Å²) < 4.78 is 13.4.